The van der Waals surface area contributed by atoms with E-state index in [2.05, 4.69) is 22.4 Å². The molecule has 0 aliphatic carbocycles. The first kappa shape index (κ1) is 13.6. The minimum Gasteiger partial charge on any atom is -0.350 e. The highest BCUT2D eigenvalue weighted by Gasteiger charge is 2.04. The van der Waals surface area contributed by atoms with Gasteiger partial charge in [-0.25, -0.2) is 0 Å². The molecule has 21 heavy (non-hydrogen) atoms. The smallest absolute Gasteiger partial charge is 0.240 e. The molecule has 3 aromatic heterocycles. The Hall–Kier alpha value is -2.40. The molecule has 4 nitrogen and oxygen atoms in total. The number of rotatable bonds is 5. The van der Waals surface area contributed by atoms with Crippen LogP contribution < -0.4 is 5.32 Å². The number of aromatic nitrogens is 2. The van der Waals surface area contributed by atoms with Crippen LogP contribution in [-0.2, 0) is 17.9 Å². The van der Waals surface area contributed by atoms with Crippen LogP contribution in [0.25, 0.3) is 10.4 Å². The Labute approximate surface area is 127 Å². The molecule has 0 atom stereocenters. The third-order valence-electron chi connectivity index (χ3n) is 3.08. The largest absolute Gasteiger partial charge is 0.350 e. The normalized spacial score (nSPS) is 10.5. The fraction of sp³-hybridized carbons (Fsp3) is 0.125. The minimum absolute atomic E-state index is 0.00673. The molecule has 106 valence electrons. The summed E-state index contributed by atoms with van der Waals surface area (Å²) in [5.74, 6) is -0.00673. The fourth-order valence-electron chi connectivity index (χ4n) is 2.06. The van der Waals surface area contributed by atoms with E-state index in [-0.39, 0.29) is 5.91 Å². The highest BCUT2D eigenvalue weighted by molar-refractivity contribution is 7.13. The quantitative estimate of drug-likeness (QED) is 0.787. The van der Waals surface area contributed by atoms with E-state index in [0.717, 1.165) is 11.1 Å². The Morgan fingerprint density at radius 2 is 2.10 bits per heavy atom. The molecule has 0 spiro atoms. The Balaban J connectivity index is 1.60. The summed E-state index contributed by atoms with van der Waals surface area (Å²) in [7, 11) is 0. The lowest BCUT2D eigenvalue weighted by atomic mass is 10.2. The van der Waals surface area contributed by atoms with Gasteiger partial charge < -0.3 is 9.88 Å². The summed E-state index contributed by atoms with van der Waals surface area (Å²) >= 11 is 1.68. The molecule has 0 aliphatic heterocycles. The van der Waals surface area contributed by atoms with E-state index >= 15 is 0 Å². The first-order valence-electron chi connectivity index (χ1n) is 6.66. The molecule has 0 saturated carbocycles. The predicted molar refractivity (Wildman–Crippen MR) is 83.8 cm³/mol. The first-order chi connectivity index (χ1) is 10.3. The van der Waals surface area contributed by atoms with Gasteiger partial charge in [0.15, 0.2) is 0 Å². The SMILES string of the molecule is O=C(Cn1cccc1)NCc1cncc(-c2cccs2)c1. The van der Waals surface area contributed by atoms with Crippen LogP contribution in [0.4, 0.5) is 0 Å². The number of carbonyl (C=O) groups excluding carboxylic acids is 1. The van der Waals surface area contributed by atoms with Gasteiger partial charge in [-0.05, 0) is 35.2 Å². The summed E-state index contributed by atoms with van der Waals surface area (Å²) in [5.41, 5.74) is 2.09. The molecular weight excluding hydrogens is 282 g/mol. The molecule has 0 fully saturated rings. The van der Waals surface area contributed by atoms with Gasteiger partial charge in [0, 0.05) is 41.8 Å². The van der Waals surface area contributed by atoms with Gasteiger partial charge in [-0.1, -0.05) is 6.07 Å². The second kappa shape index (κ2) is 6.37. The molecule has 1 N–H and O–H groups in total. The van der Waals surface area contributed by atoms with Crippen LogP contribution in [0.5, 0.6) is 0 Å². The van der Waals surface area contributed by atoms with E-state index in [9.17, 15) is 4.79 Å². The van der Waals surface area contributed by atoms with E-state index in [0.29, 0.717) is 13.1 Å². The number of amides is 1. The fourth-order valence-corrected chi connectivity index (χ4v) is 2.77. The van der Waals surface area contributed by atoms with Crippen LogP contribution >= 0.6 is 11.3 Å². The van der Waals surface area contributed by atoms with Crippen molar-refractivity contribution in [3.05, 3.63) is 66.1 Å². The van der Waals surface area contributed by atoms with Crippen molar-refractivity contribution in [2.24, 2.45) is 0 Å². The van der Waals surface area contributed by atoms with Crippen molar-refractivity contribution < 1.29 is 4.79 Å². The van der Waals surface area contributed by atoms with Crippen molar-refractivity contribution in [3.8, 4) is 10.4 Å². The summed E-state index contributed by atoms with van der Waals surface area (Å²) in [5, 5.41) is 4.96. The Kier molecular flexibility index (Phi) is 4.12. The molecule has 0 unspecified atom stereocenters. The van der Waals surface area contributed by atoms with E-state index in [1.54, 1.807) is 17.5 Å². The zero-order valence-electron chi connectivity index (χ0n) is 11.4. The Morgan fingerprint density at radius 3 is 2.86 bits per heavy atom. The second-order valence-corrected chi connectivity index (χ2v) is 5.64. The van der Waals surface area contributed by atoms with Crippen LogP contribution in [0.15, 0.2) is 60.5 Å². The standard InChI is InChI=1S/C16H15N3OS/c20-16(12-19-5-1-2-6-19)18-10-13-8-14(11-17-9-13)15-4-3-7-21-15/h1-9,11H,10,12H2,(H,18,20). The van der Waals surface area contributed by atoms with Crippen LogP contribution in [0, 0.1) is 0 Å². The van der Waals surface area contributed by atoms with Gasteiger partial charge in [-0.15, -0.1) is 11.3 Å². The molecule has 1 amide bonds. The van der Waals surface area contributed by atoms with Gasteiger partial charge >= 0.3 is 0 Å². The van der Waals surface area contributed by atoms with E-state index in [1.165, 1.54) is 4.88 Å². The van der Waals surface area contributed by atoms with Gasteiger partial charge in [0.05, 0.1) is 0 Å². The molecule has 0 aliphatic rings. The Bertz CT molecular complexity index is 705. The summed E-state index contributed by atoms with van der Waals surface area (Å²) in [6, 6.07) is 9.96. The van der Waals surface area contributed by atoms with Crippen LogP contribution in [0.1, 0.15) is 5.56 Å². The van der Waals surface area contributed by atoms with Gasteiger partial charge in [-0.3, -0.25) is 9.78 Å². The van der Waals surface area contributed by atoms with Crippen molar-refractivity contribution in [2.45, 2.75) is 13.1 Å². The Morgan fingerprint density at radius 1 is 1.24 bits per heavy atom. The van der Waals surface area contributed by atoms with E-state index in [4.69, 9.17) is 0 Å². The lowest BCUT2D eigenvalue weighted by Gasteiger charge is -2.07. The monoisotopic (exact) mass is 297 g/mol. The average molecular weight is 297 g/mol. The van der Waals surface area contributed by atoms with Gasteiger partial charge in [0.25, 0.3) is 0 Å². The molecule has 0 bridgehead atoms. The number of hydrogen-bond acceptors (Lipinski definition) is 3. The zero-order chi connectivity index (χ0) is 14.5. The molecule has 3 rings (SSSR count). The number of nitrogens with one attached hydrogen (secondary N) is 1. The van der Waals surface area contributed by atoms with E-state index < -0.39 is 0 Å². The average Bonchev–Trinajstić information content (AvgIpc) is 3.19. The number of hydrogen-bond donors (Lipinski definition) is 1. The first-order valence-corrected chi connectivity index (χ1v) is 7.54. The molecule has 3 heterocycles. The van der Waals surface area contributed by atoms with Crippen LogP contribution in [-0.4, -0.2) is 15.5 Å². The highest BCUT2D eigenvalue weighted by atomic mass is 32.1. The topological polar surface area (TPSA) is 46.9 Å². The van der Waals surface area contributed by atoms with Crippen LogP contribution in [0.3, 0.4) is 0 Å². The highest BCUT2D eigenvalue weighted by Crippen LogP contribution is 2.24. The van der Waals surface area contributed by atoms with Crippen molar-refractivity contribution in [1.82, 2.24) is 14.9 Å². The lowest BCUT2D eigenvalue weighted by Crippen LogP contribution is -2.26. The summed E-state index contributed by atoms with van der Waals surface area (Å²) in [4.78, 5) is 17.3. The summed E-state index contributed by atoms with van der Waals surface area (Å²) in [6.07, 6.45) is 7.38. The summed E-state index contributed by atoms with van der Waals surface area (Å²) < 4.78 is 1.84. The number of carbonyl (C=O) groups is 1. The van der Waals surface area contributed by atoms with Gasteiger partial charge in [-0.2, -0.15) is 0 Å². The van der Waals surface area contributed by atoms with Gasteiger partial charge in [0.1, 0.15) is 6.54 Å². The number of nitrogens with zero attached hydrogens (tertiary/aromatic N) is 2. The molecule has 3 aromatic rings. The van der Waals surface area contributed by atoms with Crippen molar-refractivity contribution in [3.63, 3.8) is 0 Å². The molecule has 0 radical (unpaired) electrons. The maximum atomic E-state index is 11.8. The van der Waals surface area contributed by atoms with Gasteiger partial charge in [0.2, 0.25) is 5.91 Å². The maximum absolute atomic E-state index is 11.8. The zero-order valence-corrected chi connectivity index (χ0v) is 12.2. The van der Waals surface area contributed by atoms with Crippen LogP contribution in [0.2, 0.25) is 0 Å². The molecule has 0 saturated heterocycles. The van der Waals surface area contributed by atoms with Crippen molar-refractivity contribution in [2.75, 3.05) is 0 Å². The minimum atomic E-state index is -0.00673. The molecule has 5 heteroatoms. The molecular formula is C16H15N3OS. The maximum Gasteiger partial charge on any atom is 0.240 e. The van der Waals surface area contributed by atoms with E-state index in [1.807, 2.05) is 46.7 Å². The number of thiophene rings is 1. The summed E-state index contributed by atoms with van der Waals surface area (Å²) in [6.45, 7) is 0.831. The molecule has 0 aromatic carbocycles. The third kappa shape index (κ3) is 3.58. The van der Waals surface area contributed by atoms with Crippen molar-refractivity contribution in [1.29, 1.82) is 0 Å². The predicted octanol–water partition coefficient (Wildman–Crippen LogP) is 2.93. The number of pyridine rings is 1. The lowest BCUT2D eigenvalue weighted by molar-refractivity contribution is -0.121. The second-order valence-electron chi connectivity index (χ2n) is 4.69. The van der Waals surface area contributed by atoms with Crippen molar-refractivity contribution >= 4 is 17.2 Å². The third-order valence-corrected chi connectivity index (χ3v) is 4.00.